The number of hydrogen-bond acceptors (Lipinski definition) is 3. The van der Waals surface area contributed by atoms with E-state index in [2.05, 4.69) is 4.18 Å². The van der Waals surface area contributed by atoms with Gasteiger partial charge in [-0.2, -0.15) is 0 Å². The standard InChI is InChI=1S/C4H5ClO2S/c5-3-1-2-8-7-4(3)6/h3H,1-2H2. The maximum Gasteiger partial charge on any atom is 0.336 e. The summed E-state index contributed by atoms with van der Waals surface area (Å²) in [6.07, 6.45) is 0.727. The second-order valence-electron chi connectivity index (χ2n) is 1.48. The SMILES string of the molecule is O=C1OSCCC1Cl. The van der Waals surface area contributed by atoms with Gasteiger partial charge in [0.15, 0.2) is 0 Å². The molecule has 0 aromatic heterocycles. The molecule has 4 heteroatoms. The van der Waals surface area contributed by atoms with Gasteiger partial charge in [-0.1, -0.05) is 0 Å². The van der Waals surface area contributed by atoms with Crippen molar-refractivity contribution in [3.8, 4) is 0 Å². The van der Waals surface area contributed by atoms with Crippen LogP contribution < -0.4 is 0 Å². The predicted molar refractivity (Wildman–Crippen MR) is 32.8 cm³/mol. The Morgan fingerprint density at radius 2 is 2.62 bits per heavy atom. The second-order valence-corrected chi connectivity index (χ2v) is 2.82. The fourth-order valence-electron chi connectivity index (χ4n) is 0.421. The molecule has 1 unspecified atom stereocenters. The number of carbonyl (C=O) groups excluding carboxylic acids is 1. The Morgan fingerprint density at radius 3 is 3.00 bits per heavy atom. The van der Waals surface area contributed by atoms with E-state index in [0.29, 0.717) is 0 Å². The lowest BCUT2D eigenvalue weighted by Gasteiger charge is -2.12. The van der Waals surface area contributed by atoms with Gasteiger partial charge in [-0.05, 0) is 6.42 Å². The molecule has 1 aliphatic heterocycles. The lowest BCUT2D eigenvalue weighted by atomic mass is 10.3. The van der Waals surface area contributed by atoms with Crippen molar-refractivity contribution in [1.29, 1.82) is 0 Å². The molecule has 0 bridgehead atoms. The Balaban J connectivity index is 2.39. The van der Waals surface area contributed by atoms with E-state index in [1.54, 1.807) is 0 Å². The van der Waals surface area contributed by atoms with Crippen LogP contribution in [0.15, 0.2) is 0 Å². The molecular weight excluding hydrogens is 148 g/mol. The normalized spacial score (nSPS) is 29.6. The minimum absolute atomic E-state index is 0.303. The molecule has 1 rings (SSSR count). The van der Waals surface area contributed by atoms with Gasteiger partial charge in [-0.25, -0.2) is 4.79 Å². The van der Waals surface area contributed by atoms with E-state index in [1.165, 1.54) is 12.0 Å². The van der Waals surface area contributed by atoms with Crippen LogP contribution in [0.3, 0.4) is 0 Å². The van der Waals surface area contributed by atoms with Crippen molar-refractivity contribution in [2.24, 2.45) is 0 Å². The summed E-state index contributed by atoms with van der Waals surface area (Å²) in [6, 6.07) is 0. The van der Waals surface area contributed by atoms with Crippen LogP contribution in [-0.4, -0.2) is 17.1 Å². The largest absolute Gasteiger partial charge is 0.390 e. The first kappa shape index (κ1) is 6.23. The third-order valence-electron chi connectivity index (χ3n) is 0.851. The van der Waals surface area contributed by atoms with Crippen LogP contribution in [0.1, 0.15) is 6.42 Å². The third-order valence-corrected chi connectivity index (χ3v) is 1.93. The van der Waals surface area contributed by atoms with E-state index in [9.17, 15) is 4.79 Å². The average Bonchev–Trinajstić information content (AvgIpc) is 1.77. The molecule has 0 N–H and O–H groups in total. The molecule has 0 aliphatic carbocycles. The molecule has 1 heterocycles. The van der Waals surface area contributed by atoms with Gasteiger partial charge in [0.2, 0.25) is 0 Å². The summed E-state index contributed by atoms with van der Waals surface area (Å²) in [5.74, 6) is 0.516. The van der Waals surface area contributed by atoms with Gasteiger partial charge in [0.1, 0.15) is 5.38 Å². The maximum atomic E-state index is 10.4. The fourth-order valence-corrected chi connectivity index (χ4v) is 1.40. The second kappa shape index (κ2) is 2.60. The summed E-state index contributed by atoms with van der Waals surface area (Å²) in [6.45, 7) is 0. The molecule has 1 fully saturated rings. The van der Waals surface area contributed by atoms with Crippen molar-refractivity contribution < 1.29 is 8.98 Å². The summed E-state index contributed by atoms with van der Waals surface area (Å²) >= 11 is 6.65. The summed E-state index contributed by atoms with van der Waals surface area (Å²) in [5, 5.41) is -0.406. The van der Waals surface area contributed by atoms with Crippen molar-refractivity contribution in [2.45, 2.75) is 11.8 Å². The first-order valence-electron chi connectivity index (χ1n) is 2.28. The minimum atomic E-state index is -0.406. The molecule has 0 aromatic carbocycles. The van der Waals surface area contributed by atoms with Gasteiger partial charge in [-0.15, -0.1) is 11.6 Å². The number of hydrogen-bond donors (Lipinski definition) is 0. The van der Waals surface area contributed by atoms with Gasteiger partial charge >= 0.3 is 5.97 Å². The van der Waals surface area contributed by atoms with Gasteiger partial charge < -0.3 is 4.18 Å². The van der Waals surface area contributed by atoms with Crippen molar-refractivity contribution >= 4 is 29.6 Å². The highest BCUT2D eigenvalue weighted by Crippen LogP contribution is 2.19. The van der Waals surface area contributed by atoms with E-state index < -0.39 is 5.38 Å². The molecule has 8 heavy (non-hydrogen) atoms. The Labute approximate surface area is 56.7 Å². The summed E-state index contributed by atoms with van der Waals surface area (Å²) in [7, 11) is 0. The van der Waals surface area contributed by atoms with E-state index in [1.807, 2.05) is 0 Å². The smallest absolute Gasteiger partial charge is 0.336 e. The van der Waals surface area contributed by atoms with Crippen LogP contribution in [-0.2, 0) is 8.98 Å². The van der Waals surface area contributed by atoms with E-state index in [-0.39, 0.29) is 5.97 Å². The molecule has 0 spiro atoms. The number of rotatable bonds is 0. The van der Waals surface area contributed by atoms with Crippen LogP contribution >= 0.6 is 23.6 Å². The number of alkyl halides is 1. The highest BCUT2D eigenvalue weighted by atomic mass is 35.5. The Hall–Kier alpha value is 0.110. The van der Waals surface area contributed by atoms with Gasteiger partial charge in [0, 0.05) is 5.75 Å². The van der Waals surface area contributed by atoms with Gasteiger partial charge in [-0.3, -0.25) is 0 Å². The zero-order valence-electron chi connectivity index (χ0n) is 4.09. The number of carbonyl (C=O) groups is 1. The summed E-state index contributed by atoms with van der Waals surface area (Å²) < 4.78 is 4.54. The molecule has 46 valence electrons. The first-order chi connectivity index (χ1) is 3.80. The zero-order valence-corrected chi connectivity index (χ0v) is 5.67. The minimum Gasteiger partial charge on any atom is -0.390 e. The quantitative estimate of drug-likeness (QED) is 0.385. The monoisotopic (exact) mass is 152 g/mol. The van der Waals surface area contributed by atoms with Crippen molar-refractivity contribution in [3.05, 3.63) is 0 Å². The predicted octanol–water partition coefficient (Wildman–Crippen LogP) is 1.19. The van der Waals surface area contributed by atoms with Gasteiger partial charge in [0.05, 0.1) is 12.0 Å². The zero-order chi connectivity index (χ0) is 5.98. The Bertz CT molecular complexity index is 106. The fraction of sp³-hybridized carbons (Fsp3) is 0.750. The lowest BCUT2D eigenvalue weighted by molar-refractivity contribution is -0.133. The molecular formula is C4H5ClO2S. The van der Waals surface area contributed by atoms with Gasteiger partial charge in [0.25, 0.3) is 0 Å². The molecule has 1 saturated heterocycles. The van der Waals surface area contributed by atoms with E-state index >= 15 is 0 Å². The molecule has 1 atom stereocenters. The van der Waals surface area contributed by atoms with Crippen molar-refractivity contribution in [3.63, 3.8) is 0 Å². The van der Waals surface area contributed by atoms with Crippen LogP contribution in [0, 0.1) is 0 Å². The van der Waals surface area contributed by atoms with Crippen molar-refractivity contribution in [1.82, 2.24) is 0 Å². The molecule has 0 amide bonds. The third kappa shape index (κ3) is 1.29. The highest BCUT2D eigenvalue weighted by molar-refractivity contribution is 7.95. The van der Waals surface area contributed by atoms with Crippen LogP contribution in [0.5, 0.6) is 0 Å². The first-order valence-corrected chi connectivity index (χ1v) is 3.63. The van der Waals surface area contributed by atoms with E-state index in [4.69, 9.17) is 11.6 Å². The molecule has 0 saturated carbocycles. The summed E-state index contributed by atoms with van der Waals surface area (Å²) in [5.41, 5.74) is 0. The molecule has 0 aromatic rings. The lowest BCUT2D eigenvalue weighted by Crippen LogP contribution is -2.20. The Morgan fingerprint density at radius 1 is 1.88 bits per heavy atom. The summed E-state index contributed by atoms with van der Waals surface area (Å²) in [4.78, 5) is 10.4. The topological polar surface area (TPSA) is 26.3 Å². The van der Waals surface area contributed by atoms with Crippen LogP contribution in [0.4, 0.5) is 0 Å². The maximum absolute atomic E-state index is 10.4. The van der Waals surface area contributed by atoms with Crippen LogP contribution in [0.2, 0.25) is 0 Å². The Kier molecular flexibility index (Phi) is 2.02. The highest BCUT2D eigenvalue weighted by Gasteiger charge is 2.21. The van der Waals surface area contributed by atoms with E-state index in [0.717, 1.165) is 12.2 Å². The average molecular weight is 153 g/mol. The van der Waals surface area contributed by atoms with Crippen LogP contribution in [0.25, 0.3) is 0 Å². The molecule has 0 radical (unpaired) electrons. The molecule has 2 nitrogen and oxygen atoms in total. The van der Waals surface area contributed by atoms with Crippen molar-refractivity contribution in [2.75, 3.05) is 5.75 Å². The number of halogens is 1. The molecule has 1 aliphatic rings.